The quantitative estimate of drug-likeness (QED) is 0.463. The number of H-pyrrole nitrogens is 2. The topological polar surface area (TPSA) is 81.4 Å². The highest BCUT2D eigenvalue weighted by atomic mass is 19.1. The monoisotopic (exact) mass is 444 g/mol. The first-order chi connectivity index (χ1) is 16.2. The summed E-state index contributed by atoms with van der Waals surface area (Å²) in [4.78, 5) is 16.3. The number of hydrogen-bond donors (Lipinski definition) is 4. The van der Waals surface area contributed by atoms with E-state index in [1.54, 1.807) is 18.5 Å². The highest BCUT2D eigenvalue weighted by Gasteiger charge is 2.44. The molecule has 3 aliphatic rings. The zero-order valence-electron chi connectivity index (χ0n) is 18.6. The summed E-state index contributed by atoms with van der Waals surface area (Å²) in [6, 6.07) is 10.4. The molecule has 1 aliphatic carbocycles. The van der Waals surface area contributed by atoms with E-state index in [-0.39, 0.29) is 17.9 Å². The fourth-order valence-corrected chi connectivity index (χ4v) is 5.43. The smallest absolute Gasteiger partial charge is 0.123 e. The Labute approximate surface area is 192 Å². The first-order valence-corrected chi connectivity index (χ1v) is 11.9. The molecule has 3 aromatic rings. The minimum atomic E-state index is -0.994. The van der Waals surface area contributed by atoms with Gasteiger partial charge in [-0.15, -0.1) is 0 Å². The lowest BCUT2D eigenvalue weighted by Gasteiger charge is -2.32. The van der Waals surface area contributed by atoms with Crippen LogP contribution in [0.2, 0.25) is 0 Å². The van der Waals surface area contributed by atoms with Crippen LogP contribution in [-0.4, -0.2) is 33.0 Å². The summed E-state index contributed by atoms with van der Waals surface area (Å²) in [6.07, 6.45) is 12.2. The van der Waals surface area contributed by atoms with Gasteiger partial charge in [-0.2, -0.15) is 0 Å². The summed E-state index contributed by atoms with van der Waals surface area (Å²) in [5, 5.41) is 6.96. The van der Waals surface area contributed by atoms with Gasteiger partial charge >= 0.3 is 0 Å². The van der Waals surface area contributed by atoms with Crippen molar-refractivity contribution in [2.75, 3.05) is 13.1 Å². The Morgan fingerprint density at radius 2 is 1.45 bits per heavy atom. The van der Waals surface area contributed by atoms with Crippen LogP contribution in [0.1, 0.15) is 72.8 Å². The molecule has 7 heteroatoms. The van der Waals surface area contributed by atoms with Crippen molar-refractivity contribution in [1.82, 2.24) is 30.6 Å². The van der Waals surface area contributed by atoms with Crippen LogP contribution in [0.3, 0.4) is 0 Å². The van der Waals surface area contributed by atoms with Gasteiger partial charge in [0.2, 0.25) is 0 Å². The van der Waals surface area contributed by atoms with Crippen molar-refractivity contribution >= 4 is 5.57 Å². The van der Waals surface area contributed by atoms with Gasteiger partial charge in [0.1, 0.15) is 22.9 Å². The van der Waals surface area contributed by atoms with Gasteiger partial charge < -0.3 is 20.6 Å². The number of halogens is 1. The fraction of sp³-hybridized carbons (Fsp3) is 0.385. The standard InChI is InChI=1S/C26H29FN6/c27-21-14-18(17-6-2-1-3-7-17)10-11-26(21,22-15-30-24(32-22)19-8-4-12-28-19)23-16-31-25(33-23)20-9-5-13-29-20/h1-3,6-7,10,14-16,19-20,28-29H,4-5,8-9,11-13H2,(H,30,32)(H,31,33)/t19-,20-/m0/s1. The molecule has 2 fully saturated rings. The molecule has 0 bridgehead atoms. The first-order valence-electron chi connectivity index (χ1n) is 11.9. The van der Waals surface area contributed by atoms with E-state index in [0.29, 0.717) is 6.42 Å². The molecule has 0 amide bonds. The van der Waals surface area contributed by atoms with Crippen molar-refractivity contribution in [1.29, 1.82) is 0 Å². The largest absolute Gasteiger partial charge is 0.343 e. The molecule has 0 spiro atoms. The maximum Gasteiger partial charge on any atom is 0.123 e. The van der Waals surface area contributed by atoms with Crippen LogP contribution >= 0.6 is 0 Å². The summed E-state index contributed by atoms with van der Waals surface area (Å²) in [5.41, 5.74) is 2.45. The summed E-state index contributed by atoms with van der Waals surface area (Å²) < 4.78 is 16.3. The van der Waals surface area contributed by atoms with Crippen molar-refractivity contribution in [3.8, 4) is 0 Å². The van der Waals surface area contributed by atoms with Crippen molar-refractivity contribution < 1.29 is 4.39 Å². The van der Waals surface area contributed by atoms with Gasteiger partial charge in [0.25, 0.3) is 0 Å². The minimum Gasteiger partial charge on any atom is -0.343 e. The molecule has 4 heterocycles. The summed E-state index contributed by atoms with van der Waals surface area (Å²) in [6.45, 7) is 1.98. The van der Waals surface area contributed by atoms with Gasteiger partial charge in [0.15, 0.2) is 0 Å². The third-order valence-corrected chi connectivity index (χ3v) is 7.32. The van der Waals surface area contributed by atoms with E-state index in [2.05, 4.69) is 36.6 Å². The molecule has 0 unspecified atom stereocenters. The molecule has 170 valence electrons. The molecule has 2 aliphatic heterocycles. The Hall–Kier alpha value is -3.03. The molecular weight excluding hydrogens is 415 g/mol. The highest BCUT2D eigenvalue weighted by molar-refractivity contribution is 5.77. The number of rotatable bonds is 5. The van der Waals surface area contributed by atoms with Crippen LogP contribution in [0.4, 0.5) is 4.39 Å². The van der Waals surface area contributed by atoms with Gasteiger partial charge in [-0.25, -0.2) is 14.4 Å². The predicted molar refractivity (Wildman–Crippen MR) is 126 cm³/mol. The van der Waals surface area contributed by atoms with Crippen LogP contribution in [-0.2, 0) is 5.41 Å². The molecule has 6 rings (SSSR count). The van der Waals surface area contributed by atoms with E-state index in [4.69, 9.17) is 0 Å². The average Bonchev–Trinajstić information content (AvgIpc) is 3.65. The van der Waals surface area contributed by atoms with Crippen LogP contribution in [0, 0.1) is 0 Å². The number of benzene rings is 1. The van der Waals surface area contributed by atoms with E-state index in [1.165, 1.54) is 0 Å². The Bertz CT molecular complexity index is 1120. The van der Waals surface area contributed by atoms with Crippen molar-refractivity contribution in [2.24, 2.45) is 0 Å². The van der Waals surface area contributed by atoms with Crippen molar-refractivity contribution in [3.63, 3.8) is 0 Å². The molecule has 2 saturated heterocycles. The zero-order chi connectivity index (χ0) is 22.3. The number of nitrogens with one attached hydrogen (secondary N) is 4. The zero-order valence-corrected chi connectivity index (χ0v) is 18.6. The molecule has 2 aromatic heterocycles. The summed E-state index contributed by atoms with van der Waals surface area (Å²) >= 11 is 0. The number of hydrogen-bond acceptors (Lipinski definition) is 4. The average molecular weight is 445 g/mol. The van der Waals surface area contributed by atoms with Crippen LogP contribution < -0.4 is 10.6 Å². The van der Waals surface area contributed by atoms with Gasteiger partial charge in [0.05, 0.1) is 23.5 Å². The lowest BCUT2D eigenvalue weighted by molar-refractivity contribution is 0.435. The number of allylic oxidation sites excluding steroid dienone is 4. The fourth-order valence-electron chi connectivity index (χ4n) is 5.43. The number of imidazole rings is 2. The van der Waals surface area contributed by atoms with E-state index < -0.39 is 5.41 Å². The van der Waals surface area contributed by atoms with Crippen molar-refractivity contribution in [2.45, 2.75) is 49.6 Å². The lowest BCUT2D eigenvalue weighted by atomic mass is 9.73. The van der Waals surface area contributed by atoms with Gasteiger partial charge in [0, 0.05) is 12.4 Å². The maximum absolute atomic E-state index is 16.3. The second-order valence-corrected chi connectivity index (χ2v) is 9.29. The molecule has 2 atom stereocenters. The normalized spacial score (nSPS) is 24.6. The van der Waals surface area contributed by atoms with Crippen molar-refractivity contribution in [3.05, 3.63) is 89.3 Å². The summed E-state index contributed by atoms with van der Waals surface area (Å²) in [7, 11) is 0. The molecule has 6 nitrogen and oxygen atoms in total. The Balaban J connectivity index is 1.42. The molecule has 4 N–H and O–H groups in total. The number of aromatic nitrogens is 4. The van der Waals surface area contributed by atoms with Crippen LogP contribution in [0.15, 0.2) is 60.7 Å². The van der Waals surface area contributed by atoms with E-state index in [1.807, 2.05) is 30.3 Å². The lowest BCUT2D eigenvalue weighted by Crippen LogP contribution is -2.31. The highest BCUT2D eigenvalue weighted by Crippen LogP contribution is 2.46. The third-order valence-electron chi connectivity index (χ3n) is 7.32. The molecule has 1 aromatic carbocycles. The first kappa shape index (κ1) is 20.6. The second kappa shape index (κ2) is 8.39. The maximum atomic E-state index is 16.3. The third kappa shape index (κ3) is 3.56. The van der Waals surface area contributed by atoms with Gasteiger partial charge in [-0.1, -0.05) is 36.4 Å². The second-order valence-electron chi connectivity index (χ2n) is 9.29. The predicted octanol–water partition coefficient (Wildman–Crippen LogP) is 4.61. The van der Waals surface area contributed by atoms with E-state index in [9.17, 15) is 0 Å². The van der Waals surface area contributed by atoms with Crippen LogP contribution in [0.5, 0.6) is 0 Å². The Morgan fingerprint density at radius 1 is 0.848 bits per heavy atom. The van der Waals surface area contributed by atoms with Gasteiger partial charge in [-0.05, 0) is 62.4 Å². The Kier molecular flexibility index (Phi) is 5.23. The summed E-state index contributed by atoms with van der Waals surface area (Å²) in [5.74, 6) is 1.56. The SMILES string of the molecule is FC1=CC(c2ccccc2)=CCC1(c1cnc([C@@H]2CCCN2)[nH]1)c1cnc([C@@H]2CCCN2)[nH]1. The van der Waals surface area contributed by atoms with Gasteiger partial charge in [-0.3, -0.25) is 0 Å². The van der Waals surface area contributed by atoms with E-state index >= 15 is 4.39 Å². The molecular formula is C26H29FN6. The molecule has 33 heavy (non-hydrogen) atoms. The number of nitrogens with zero attached hydrogens (tertiary/aromatic N) is 2. The minimum absolute atomic E-state index is 0.196. The number of aromatic amines is 2. The van der Waals surface area contributed by atoms with E-state index in [0.717, 1.165) is 72.9 Å². The van der Waals surface area contributed by atoms with Crippen LogP contribution in [0.25, 0.3) is 5.57 Å². The Morgan fingerprint density at radius 3 is 1.97 bits per heavy atom. The molecule has 0 radical (unpaired) electrons. The molecule has 0 saturated carbocycles.